The highest BCUT2D eigenvalue weighted by Gasteiger charge is 2.24. The van der Waals surface area contributed by atoms with Gasteiger partial charge in [-0.15, -0.1) is 5.10 Å². The van der Waals surface area contributed by atoms with Crippen molar-refractivity contribution in [3.05, 3.63) is 72.3 Å². The third kappa shape index (κ3) is 3.21. The number of piperidine rings is 1. The fraction of sp³-hybridized carbons (Fsp3) is 0.316. The van der Waals surface area contributed by atoms with Crippen LogP contribution in [0.15, 0.2) is 61.1 Å². The number of pyridine rings is 1. The molecule has 1 atom stereocenters. The number of hydrogen-bond acceptors (Lipinski definition) is 4. The Morgan fingerprint density at radius 2 is 1.96 bits per heavy atom. The summed E-state index contributed by atoms with van der Waals surface area (Å²) in [7, 11) is 0. The molecule has 122 valence electrons. The van der Waals surface area contributed by atoms with Gasteiger partial charge < -0.3 is 0 Å². The van der Waals surface area contributed by atoms with E-state index >= 15 is 0 Å². The van der Waals surface area contributed by atoms with Crippen LogP contribution in [-0.2, 0) is 6.54 Å². The molecule has 5 heteroatoms. The Bertz CT molecular complexity index is 769. The summed E-state index contributed by atoms with van der Waals surface area (Å²) in [5, 5.41) is 8.65. The number of rotatable bonds is 4. The van der Waals surface area contributed by atoms with Crippen LogP contribution in [0.5, 0.6) is 0 Å². The van der Waals surface area contributed by atoms with E-state index in [4.69, 9.17) is 0 Å². The Morgan fingerprint density at radius 1 is 1.04 bits per heavy atom. The standard InChI is InChI=1S/C19H21N5/c1-2-8-18(9-3-1)24-15-17(21-22-24)14-23-12-5-4-10-19(23)16-7-6-11-20-13-16/h1-3,6-9,11,13,15,19H,4-5,10,12,14H2/t19-/m1/s1. The topological polar surface area (TPSA) is 46.8 Å². The average Bonchev–Trinajstić information content (AvgIpc) is 3.12. The molecule has 0 aliphatic carbocycles. The summed E-state index contributed by atoms with van der Waals surface area (Å²) in [5.41, 5.74) is 3.35. The van der Waals surface area contributed by atoms with Crippen molar-refractivity contribution in [3.8, 4) is 5.69 Å². The van der Waals surface area contributed by atoms with E-state index in [2.05, 4.69) is 26.3 Å². The zero-order valence-electron chi connectivity index (χ0n) is 13.6. The lowest BCUT2D eigenvalue weighted by Gasteiger charge is -2.35. The molecule has 1 aliphatic heterocycles. The smallest absolute Gasteiger partial charge is 0.0972 e. The molecule has 0 saturated carbocycles. The Balaban J connectivity index is 1.52. The van der Waals surface area contributed by atoms with Crippen LogP contribution in [-0.4, -0.2) is 31.4 Å². The average molecular weight is 319 g/mol. The summed E-state index contributed by atoms with van der Waals surface area (Å²) in [6.07, 6.45) is 9.55. The Labute approximate surface area is 142 Å². The molecule has 0 spiro atoms. The molecule has 0 amide bonds. The molecule has 5 nitrogen and oxygen atoms in total. The SMILES string of the molecule is c1ccc(-n2cc(CN3CCCC[C@@H]3c3cccnc3)nn2)cc1. The molecular formula is C19H21N5. The quantitative estimate of drug-likeness (QED) is 0.739. The molecule has 1 aromatic carbocycles. The van der Waals surface area contributed by atoms with Gasteiger partial charge in [-0.2, -0.15) is 0 Å². The fourth-order valence-corrected chi connectivity index (χ4v) is 3.42. The first-order valence-corrected chi connectivity index (χ1v) is 8.51. The van der Waals surface area contributed by atoms with Crippen LogP contribution in [0.3, 0.4) is 0 Å². The highest BCUT2D eigenvalue weighted by atomic mass is 15.4. The van der Waals surface area contributed by atoms with Gasteiger partial charge in [-0.1, -0.05) is 35.9 Å². The van der Waals surface area contributed by atoms with Gasteiger partial charge in [-0.3, -0.25) is 9.88 Å². The summed E-state index contributed by atoms with van der Waals surface area (Å²) < 4.78 is 1.85. The van der Waals surface area contributed by atoms with Crippen molar-refractivity contribution >= 4 is 0 Å². The number of aromatic nitrogens is 4. The van der Waals surface area contributed by atoms with Crippen LogP contribution in [0.1, 0.15) is 36.6 Å². The first kappa shape index (κ1) is 15.0. The van der Waals surface area contributed by atoms with E-state index in [1.807, 2.05) is 59.7 Å². The molecule has 1 saturated heterocycles. The molecule has 0 bridgehead atoms. The van der Waals surface area contributed by atoms with Crippen LogP contribution >= 0.6 is 0 Å². The maximum absolute atomic E-state index is 4.37. The van der Waals surface area contributed by atoms with Crippen molar-refractivity contribution in [1.82, 2.24) is 24.9 Å². The third-order valence-electron chi connectivity index (χ3n) is 4.61. The highest BCUT2D eigenvalue weighted by molar-refractivity contribution is 5.30. The number of likely N-dealkylation sites (tertiary alicyclic amines) is 1. The molecule has 3 aromatic rings. The lowest BCUT2D eigenvalue weighted by molar-refractivity contribution is 0.138. The van der Waals surface area contributed by atoms with Gasteiger partial charge in [0.1, 0.15) is 0 Å². The van der Waals surface area contributed by atoms with Gasteiger partial charge in [0, 0.05) is 25.0 Å². The maximum Gasteiger partial charge on any atom is 0.0972 e. The minimum atomic E-state index is 0.425. The molecule has 0 N–H and O–H groups in total. The van der Waals surface area contributed by atoms with Crippen molar-refractivity contribution < 1.29 is 0 Å². The molecule has 2 aromatic heterocycles. The summed E-state index contributed by atoms with van der Waals surface area (Å²) in [6.45, 7) is 1.92. The Kier molecular flexibility index (Phi) is 4.34. The van der Waals surface area contributed by atoms with Gasteiger partial charge in [-0.05, 0) is 43.1 Å². The second-order valence-corrected chi connectivity index (χ2v) is 6.26. The van der Waals surface area contributed by atoms with Gasteiger partial charge in [0.2, 0.25) is 0 Å². The molecular weight excluding hydrogens is 298 g/mol. The molecule has 1 fully saturated rings. The van der Waals surface area contributed by atoms with E-state index in [-0.39, 0.29) is 0 Å². The first-order chi connectivity index (χ1) is 11.9. The Morgan fingerprint density at radius 3 is 2.79 bits per heavy atom. The zero-order chi connectivity index (χ0) is 16.2. The lowest BCUT2D eigenvalue weighted by Crippen LogP contribution is -2.33. The van der Waals surface area contributed by atoms with Crippen LogP contribution in [0.4, 0.5) is 0 Å². The zero-order valence-corrected chi connectivity index (χ0v) is 13.6. The number of nitrogens with zero attached hydrogens (tertiary/aromatic N) is 5. The molecule has 24 heavy (non-hydrogen) atoms. The van der Waals surface area contributed by atoms with E-state index in [1.54, 1.807) is 0 Å². The van der Waals surface area contributed by atoms with E-state index < -0.39 is 0 Å². The third-order valence-corrected chi connectivity index (χ3v) is 4.61. The molecule has 1 aliphatic rings. The maximum atomic E-state index is 4.37. The second-order valence-electron chi connectivity index (χ2n) is 6.26. The molecule has 4 rings (SSSR count). The van der Waals surface area contributed by atoms with Crippen LogP contribution in [0.2, 0.25) is 0 Å². The summed E-state index contributed by atoms with van der Waals surface area (Å²) >= 11 is 0. The molecule has 3 heterocycles. The van der Waals surface area contributed by atoms with E-state index in [1.165, 1.54) is 24.8 Å². The summed E-state index contributed by atoms with van der Waals surface area (Å²) in [4.78, 5) is 6.79. The molecule has 0 radical (unpaired) electrons. The van der Waals surface area contributed by atoms with E-state index in [9.17, 15) is 0 Å². The van der Waals surface area contributed by atoms with Crippen molar-refractivity contribution in [1.29, 1.82) is 0 Å². The van der Waals surface area contributed by atoms with Gasteiger partial charge in [0.05, 0.1) is 17.6 Å². The van der Waals surface area contributed by atoms with Gasteiger partial charge in [0.15, 0.2) is 0 Å². The van der Waals surface area contributed by atoms with E-state index in [0.717, 1.165) is 24.5 Å². The summed E-state index contributed by atoms with van der Waals surface area (Å²) in [5.74, 6) is 0. The number of benzene rings is 1. The molecule has 0 unspecified atom stereocenters. The largest absolute Gasteiger partial charge is 0.290 e. The number of hydrogen-bond donors (Lipinski definition) is 0. The van der Waals surface area contributed by atoms with Gasteiger partial charge >= 0.3 is 0 Å². The predicted molar refractivity (Wildman–Crippen MR) is 92.6 cm³/mol. The van der Waals surface area contributed by atoms with Crippen molar-refractivity contribution in [2.45, 2.75) is 31.8 Å². The predicted octanol–water partition coefficient (Wildman–Crippen LogP) is 3.39. The van der Waals surface area contributed by atoms with Crippen molar-refractivity contribution in [2.75, 3.05) is 6.54 Å². The van der Waals surface area contributed by atoms with Crippen LogP contribution in [0.25, 0.3) is 5.69 Å². The van der Waals surface area contributed by atoms with Crippen molar-refractivity contribution in [3.63, 3.8) is 0 Å². The highest BCUT2D eigenvalue weighted by Crippen LogP contribution is 2.31. The van der Waals surface area contributed by atoms with E-state index in [0.29, 0.717) is 6.04 Å². The monoisotopic (exact) mass is 319 g/mol. The minimum Gasteiger partial charge on any atom is -0.290 e. The van der Waals surface area contributed by atoms with Gasteiger partial charge in [0.25, 0.3) is 0 Å². The van der Waals surface area contributed by atoms with Crippen molar-refractivity contribution in [2.24, 2.45) is 0 Å². The van der Waals surface area contributed by atoms with Gasteiger partial charge in [-0.25, -0.2) is 4.68 Å². The second kappa shape index (κ2) is 6.93. The number of para-hydroxylation sites is 1. The fourth-order valence-electron chi connectivity index (χ4n) is 3.42. The first-order valence-electron chi connectivity index (χ1n) is 8.51. The normalized spacial score (nSPS) is 18.6. The van der Waals surface area contributed by atoms with Crippen LogP contribution < -0.4 is 0 Å². The Hall–Kier alpha value is -2.53. The lowest BCUT2D eigenvalue weighted by atomic mass is 9.96. The minimum absolute atomic E-state index is 0.425. The van der Waals surface area contributed by atoms with Crippen LogP contribution in [0, 0.1) is 0 Å². The summed E-state index contributed by atoms with van der Waals surface area (Å²) in [6, 6.07) is 14.7.